The molecule has 0 spiro atoms. The Bertz CT molecular complexity index is 883. The van der Waals surface area contributed by atoms with Crippen molar-refractivity contribution in [1.82, 2.24) is 4.72 Å². The zero-order valence-corrected chi connectivity index (χ0v) is 18.0. The Morgan fingerprint density at radius 1 is 0.963 bits per heavy atom. The van der Waals surface area contributed by atoms with E-state index in [1.807, 2.05) is 26.0 Å². The summed E-state index contributed by atoms with van der Waals surface area (Å²) in [6, 6.07) is 9.73. The highest BCUT2D eigenvalue weighted by Gasteiger charge is 2.26. The minimum Gasteiger partial charge on any atom is -0.497 e. The van der Waals surface area contributed by atoms with Gasteiger partial charge in [0.15, 0.2) is 0 Å². The van der Waals surface area contributed by atoms with E-state index in [1.165, 1.54) is 19.2 Å². The third kappa shape index (κ3) is 5.29. The topological polar surface area (TPSA) is 64.6 Å². The molecule has 0 aliphatic carbocycles. The molecule has 1 atom stereocenters. The van der Waals surface area contributed by atoms with Gasteiger partial charge in [0, 0.05) is 6.04 Å². The summed E-state index contributed by atoms with van der Waals surface area (Å²) in [6.07, 6.45) is 0.618. The van der Waals surface area contributed by atoms with E-state index in [0.29, 0.717) is 17.9 Å². The molecule has 0 bridgehead atoms. The van der Waals surface area contributed by atoms with Crippen LogP contribution in [0, 0.1) is 5.92 Å². The predicted octanol–water partition coefficient (Wildman–Crippen LogP) is 5.08. The van der Waals surface area contributed by atoms with Gasteiger partial charge in [0.05, 0.1) is 19.2 Å². The molecular formula is C19H23Cl2NO4S. The van der Waals surface area contributed by atoms with Crippen molar-refractivity contribution in [3.8, 4) is 11.5 Å². The van der Waals surface area contributed by atoms with Crippen LogP contribution in [0.5, 0.6) is 11.5 Å². The highest BCUT2D eigenvalue weighted by Crippen LogP contribution is 2.37. The normalized spacial score (nSPS) is 12.9. The monoisotopic (exact) mass is 431 g/mol. The van der Waals surface area contributed by atoms with Gasteiger partial charge in [-0.25, -0.2) is 13.1 Å². The average molecular weight is 432 g/mol. The molecule has 0 heterocycles. The van der Waals surface area contributed by atoms with Crippen LogP contribution in [-0.4, -0.2) is 22.6 Å². The second-order valence-electron chi connectivity index (χ2n) is 6.47. The maximum atomic E-state index is 13.0. The molecule has 2 aromatic rings. The number of methoxy groups -OCH3 is 2. The number of halogens is 2. The Morgan fingerprint density at radius 3 is 2.11 bits per heavy atom. The second-order valence-corrected chi connectivity index (χ2v) is 8.91. The lowest BCUT2D eigenvalue weighted by Gasteiger charge is -2.22. The lowest BCUT2D eigenvalue weighted by atomic mass is 9.98. The summed E-state index contributed by atoms with van der Waals surface area (Å²) >= 11 is 12.3. The van der Waals surface area contributed by atoms with Gasteiger partial charge in [-0.1, -0.05) is 49.2 Å². The SMILES string of the molecule is COc1ccc(C(CC(C)C)NS(=O)(=O)c2ccc(OC)c(Cl)c2Cl)cc1. The number of benzene rings is 2. The first kappa shape index (κ1) is 21.8. The fourth-order valence-corrected chi connectivity index (χ4v) is 4.77. The summed E-state index contributed by atoms with van der Waals surface area (Å²) in [5.74, 6) is 1.29. The van der Waals surface area contributed by atoms with Crippen molar-refractivity contribution >= 4 is 33.2 Å². The van der Waals surface area contributed by atoms with Gasteiger partial charge in [-0.05, 0) is 42.2 Å². The van der Waals surface area contributed by atoms with Crippen molar-refractivity contribution < 1.29 is 17.9 Å². The summed E-state index contributed by atoms with van der Waals surface area (Å²) in [6.45, 7) is 4.06. The molecule has 1 unspecified atom stereocenters. The van der Waals surface area contributed by atoms with Crippen LogP contribution in [0.1, 0.15) is 31.9 Å². The van der Waals surface area contributed by atoms with Crippen LogP contribution in [-0.2, 0) is 10.0 Å². The molecule has 0 fully saturated rings. The van der Waals surface area contributed by atoms with Gasteiger partial charge in [-0.15, -0.1) is 0 Å². The van der Waals surface area contributed by atoms with Gasteiger partial charge in [0.1, 0.15) is 21.4 Å². The molecular weight excluding hydrogens is 409 g/mol. The Kier molecular flexibility index (Phi) is 7.40. The maximum absolute atomic E-state index is 13.0. The molecule has 2 aromatic carbocycles. The second kappa shape index (κ2) is 9.15. The molecule has 8 heteroatoms. The molecule has 0 aromatic heterocycles. The Morgan fingerprint density at radius 2 is 1.59 bits per heavy atom. The summed E-state index contributed by atoms with van der Waals surface area (Å²) < 4.78 is 38.9. The van der Waals surface area contributed by atoms with Crippen molar-refractivity contribution in [3.63, 3.8) is 0 Å². The van der Waals surface area contributed by atoms with Crippen molar-refractivity contribution in [2.75, 3.05) is 14.2 Å². The molecule has 0 radical (unpaired) electrons. The average Bonchev–Trinajstić information content (AvgIpc) is 2.62. The zero-order valence-electron chi connectivity index (χ0n) is 15.6. The van der Waals surface area contributed by atoms with Gasteiger partial charge in [0.2, 0.25) is 10.0 Å². The Hall–Kier alpha value is -1.47. The van der Waals surface area contributed by atoms with E-state index in [1.54, 1.807) is 19.2 Å². The van der Waals surface area contributed by atoms with E-state index in [4.69, 9.17) is 32.7 Å². The van der Waals surface area contributed by atoms with Crippen LogP contribution in [0.4, 0.5) is 0 Å². The molecule has 0 saturated carbocycles. The number of hydrogen-bond acceptors (Lipinski definition) is 4. The molecule has 27 heavy (non-hydrogen) atoms. The fourth-order valence-electron chi connectivity index (χ4n) is 2.69. The van der Waals surface area contributed by atoms with Crippen molar-refractivity contribution in [2.45, 2.75) is 31.2 Å². The van der Waals surface area contributed by atoms with Crippen molar-refractivity contribution in [2.24, 2.45) is 5.92 Å². The van der Waals surface area contributed by atoms with Gasteiger partial charge < -0.3 is 9.47 Å². The van der Waals surface area contributed by atoms with Gasteiger partial charge in [-0.2, -0.15) is 0 Å². The van der Waals surface area contributed by atoms with E-state index in [0.717, 1.165) is 5.56 Å². The first-order valence-electron chi connectivity index (χ1n) is 8.37. The summed E-state index contributed by atoms with van der Waals surface area (Å²) in [5, 5.41) is -0.00607. The van der Waals surface area contributed by atoms with Gasteiger partial charge >= 0.3 is 0 Å². The smallest absolute Gasteiger partial charge is 0.242 e. The summed E-state index contributed by atoms with van der Waals surface area (Å²) in [5.41, 5.74) is 0.837. The quantitative estimate of drug-likeness (QED) is 0.632. The van der Waals surface area contributed by atoms with E-state index in [-0.39, 0.29) is 20.9 Å². The van der Waals surface area contributed by atoms with Crippen LogP contribution in [0.3, 0.4) is 0 Å². The summed E-state index contributed by atoms with van der Waals surface area (Å²) in [7, 11) is -0.881. The van der Waals surface area contributed by atoms with Gasteiger partial charge in [-0.3, -0.25) is 0 Å². The molecule has 5 nitrogen and oxygen atoms in total. The predicted molar refractivity (Wildman–Crippen MR) is 109 cm³/mol. The molecule has 0 aliphatic heterocycles. The molecule has 1 N–H and O–H groups in total. The molecule has 0 saturated heterocycles. The lowest BCUT2D eigenvalue weighted by molar-refractivity contribution is 0.414. The summed E-state index contributed by atoms with van der Waals surface area (Å²) in [4.78, 5) is -0.0859. The molecule has 0 amide bonds. The minimum atomic E-state index is -3.90. The lowest BCUT2D eigenvalue weighted by Crippen LogP contribution is -2.30. The number of rotatable bonds is 8. The Balaban J connectivity index is 2.39. The number of hydrogen-bond donors (Lipinski definition) is 1. The molecule has 2 rings (SSSR count). The fraction of sp³-hybridized carbons (Fsp3) is 0.368. The van der Waals surface area contributed by atoms with Crippen LogP contribution in [0.2, 0.25) is 10.0 Å². The number of sulfonamides is 1. The van der Waals surface area contributed by atoms with Crippen LogP contribution < -0.4 is 14.2 Å². The van der Waals surface area contributed by atoms with Crippen LogP contribution in [0.15, 0.2) is 41.3 Å². The van der Waals surface area contributed by atoms with E-state index in [2.05, 4.69) is 4.72 Å². The third-order valence-corrected chi connectivity index (χ3v) is 6.53. The third-order valence-electron chi connectivity index (χ3n) is 4.04. The first-order chi connectivity index (χ1) is 12.7. The van der Waals surface area contributed by atoms with E-state index in [9.17, 15) is 8.42 Å². The highest BCUT2D eigenvalue weighted by molar-refractivity contribution is 7.89. The zero-order chi connectivity index (χ0) is 20.2. The maximum Gasteiger partial charge on any atom is 0.242 e. The standard InChI is InChI=1S/C19H23Cl2NO4S/c1-12(2)11-15(13-5-7-14(25-3)8-6-13)22-27(23,24)17-10-9-16(26-4)18(20)19(17)21/h5-10,12,15,22H,11H2,1-4H3. The van der Waals surface area contributed by atoms with Gasteiger partial charge in [0.25, 0.3) is 0 Å². The van der Waals surface area contributed by atoms with Crippen LogP contribution in [0.25, 0.3) is 0 Å². The Labute approximate surface area is 170 Å². The molecule has 148 valence electrons. The number of nitrogens with one attached hydrogen (secondary N) is 1. The first-order valence-corrected chi connectivity index (χ1v) is 10.6. The highest BCUT2D eigenvalue weighted by atomic mass is 35.5. The number of ether oxygens (including phenoxy) is 2. The van der Waals surface area contributed by atoms with Crippen molar-refractivity contribution in [3.05, 3.63) is 52.0 Å². The molecule has 0 aliphatic rings. The van der Waals surface area contributed by atoms with E-state index < -0.39 is 16.1 Å². The largest absolute Gasteiger partial charge is 0.497 e. The minimum absolute atomic E-state index is 0.0619. The van der Waals surface area contributed by atoms with Crippen LogP contribution >= 0.6 is 23.2 Å². The van der Waals surface area contributed by atoms with Crippen molar-refractivity contribution in [1.29, 1.82) is 0 Å². The van der Waals surface area contributed by atoms with E-state index >= 15 is 0 Å².